The van der Waals surface area contributed by atoms with Gasteiger partial charge in [0.25, 0.3) is 0 Å². The van der Waals surface area contributed by atoms with Crippen molar-refractivity contribution in [1.29, 1.82) is 0 Å². The Hall–Kier alpha value is -2.44. The second kappa shape index (κ2) is 3.85. The first kappa shape index (κ1) is 9.76. The number of hydrogen-bond donors (Lipinski definition) is 2. The van der Waals surface area contributed by atoms with Crippen molar-refractivity contribution in [2.24, 2.45) is 7.05 Å². The molecular weight excluding hydrogens is 218 g/mol. The molecule has 0 fully saturated rings. The minimum Gasteiger partial charge on any atom is -0.365 e. The maximum Gasteiger partial charge on any atom is 0.163 e. The van der Waals surface area contributed by atoms with Gasteiger partial charge in [0.2, 0.25) is 0 Å². The molecule has 2 N–H and O–H groups in total. The molecule has 0 atom stereocenters. The van der Waals surface area contributed by atoms with Crippen LogP contribution in [-0.2, 0) is 13.6 Å². The molecule has 3 aromatic rings. The van der Waals surface area contributed by atoms with Crippen LogP contribution in [0.25, 0.3) is 11.0 Å². The summed E-state index contributed by atoms with van der Waals surface area (Å²) in [5.41, 5.74) is 1.88. The van der Waals surface area contributed by atoms with E-state index in [0.29, 0.717) is 6.54 Å². The molecule has 0 unspecified atom stereocenters. The van der Waals surface area contributed by atoms with E-state index in [9.17, 15) is 0 Å². The van der Waals surface area contributed by atoms with Crippen LogP contribution in [0.15, 0.2) is 24.9 Å². The Labute approximate surface area is 96.9 Å². The van der Waals surface area contributed by atoms with Crippen LogP contribution in [0.4, 0.5) is 5.82 Å². The van der Waals surface area contributed by atoms with Gasteiger partial charge in [-0.15, -0.1) is 0 Å². The van der Waals surface area contributed by atoms with Gasteiger partial charge < -0.3 is 5.32 Å². The number of nitrogens with one attached hydrogen (secondary N) is 2. The molecular formula is C10H11N7. The third-order valence-electron chi connectivity index (χ3n) is 2.54. The van der Waals surface area contributed by atoms with Gasteiger partial charge >= 0.3 is 0 Å². The van der Waals surface area contributed by atoms with E-state index in [1.165, 1.54) is 6.33 Å². The second-order valence-electron chi connectivity index (χ2n) is 3.69. The highest BCUT2D eigenvalue weighted by Gasteiger charge is 2.07. The summed E-state index contributed by atoms with van der Waals surface area (Å²) < 4.78 is 1.72. The average Bonchev–Trinajstić information content (AvgIpc) is 2.97. The third-order valence-corrected chi connectivity index (χ3v) is 2.54. The first-order chi connectivity index (χ1) is 8.34. The monoisotopic (exact) mass is 229 g/mol. The summed E-state index contributed by atoms with van der Waals surface area (Å²) in [6.07, 6.45) is 6.90. The summed E-state index contributed by atoms with van der Waals surface area (Å²) in [5.74, 6) is 0.782. The number of aryl methyl sites for hydroxylation is 1. The van der Waals surface area contributed by atoms with Gasteiger partial charge in [-0.25, -0.2) is 9.97 Å². The molecule has 0 aliphatic rings. The van der Waals surface area contributed by atoms with Crippen LogP contribution in [-0.4, -0.2) is 29.9 Å². The fraction of sp³-hybridized carbons (Fsp3) is 0.200. The van der Waals surface area contributed by atoms with Crippen molar-refractivity contribution in [3.05, 3.63) is 30.5 Å². The number of rotatable bonds is 3. The van der Waals surface area contributed by atoms with E-state index < -0.39 is 0 Å². The fourth-order valence-electron chi connectivity index (χ4n) is 1.66. The zero-order chi connectivity index (χ0) is 11.7. The van der Waals surface area contributed by atoms with Gasteiger partial charge in [0, 0.05) is 25.4 Å². The van der Waals surface area contributed by atoms with Crippen molar-refractivity contribution in [2.75, 3.05) is 5.32 Å². The van der Waals surface area contributed by atoms with E-state index in [4.69, 9.17) is 0 Å². The van der Waals surface area contributed by atoms with Gasteiger partial charge in [0.1, 0.15) is 12.1 Å². The Balaban J connectivity index is 1.90. The van der Waals surface area contributed by atoms with E-state index in [0.717, 1.165) is 22.4 Å². The molecule has 3 rings (SSSR count). The highest BCUT2D eigenvalue weighted by atomic mass is 15.3. The predicted octanol–water partition coefficient (Wildman–Crippen LogP) is 0.698. The highest BCUT2D eigenvalue weighted by Crippen LogP contribution is 2.18. The predicted molar refractivity (Wildman–Crippen MR) is 62.2 cm³/mol. The number of fused-ring (bicyclic) bond motifs is 1. The Morgan fingerprint density at radius 3 is 3.12 bits per heavy atom. The van der Waals surface area contributed by atoms with Gasteiger partial charge in [-0.2, -0.15) is 10.2 Å². The standard InChI is InChI=1S/C10H11N7/c1-17-10-8(5-16-17)9(12-6-13-10)11-2-7-3-14-15-4-7/h3-6H,2H2,1H3,(H,14,15)(H,11,12,13). The van der Waals surface area contributed by atoms with E-state index in [2.05, 4.69) is 30.6 Å². The van der Waals surface area contributed by atoms with Gasteiger partial charge in [0.15, 0.2) is 5.65 Å². The fourth-order valence-corrected chi connectivity index (χ4v) is 1.66. The largest absolute Gasteiger partial charge is 0.365 e. The molecule has 0 saturated carbocycles. The molecule has 0 bridgehead atoms. The lowest BCUT2D eigenvalue weighted by atomic mass is 10.3. The molecule has 7 heteroatoms. The number of aromatic amines is 1. The molecule has 86 valence electrons. The van der Waals surface area contributed by atoms with Crippen molar-refractivity contribution in [3.63, 3.8) is 0 Å². The van der Waals surface area contributed by atoms with Crippen LogP contribution < -0.4 is 5.32 Å². The third kappa shape index (κ3) is 1.71. The molecule has 0 aliphatic heterocycles. The number of hydrogen-bond acceptors (Lipinski definition) is 5. The molecule has 0 amide bonds. The second-order valence-corrected chi connectivity index (χ2v) is 3.69. The summed E-state index contributed by atoms with van der Waals surface area (Å²) in [6.45, 7) is 0.664. The minimum atomic E-state index is 0.664. The van der Waals surface area contributed by atoms with Crippen molar-refractivity contribution < 1.29 is 0 Å². The number of nitrogens with zero attached hydrogens (tertiary/aromatic N) is 5. The molecule has 3 aromatic heterocycles. The summed E-state index contributed by atoms with van der Waals surface area (Å²) in [7, 11) is 1.86. The number of H-pyrrole nitrogens is 1. The lowest BCUT2D eigenvalue weighted by Crippen LogP contribution is -2.01. The molecule has 0 spiro atoms. The van der Waals surface area contributed by atoms with Gasteiger partial charge in [0.05, 0.1) is 17.8 Å². The highest BCUT2D eigenvalue weighted by molar-refractivity contribution is 5.85. The Morgan fingerprint density at radius 1 is 1.35 bits per heavy atom. The lowest BCUT2D eigenvalue weighted by Gasteiger charge is -2.04. The molecule has 0 radical (unpaired) electrons. The zero-order valence-corrected chi connectivity index (χ0v) is 9.25. The lowest BCUT2D eigenvalue weighted by molar-refractivity contribution is 0.785. The molecule has 0 aliphatic carbocycles. The Kier molecular flexibility index (Phi) is 2.21. The quantitative estimate of drug-likeness (QED) is 0.690. The minimum absolute atomic E-state index is 0.664. The zero-order valence-electron chi connectivity index (χ0n) is 9.25. The molecule has 7 nitrogen and oxygen atoms in total. The molecule has 0 aromatic carbocycles. The first-order valence-electron chi connectivity index (χ1n) is 5.19. The summed E-state index contributed by atoms with van der Waals surface area (Å²) in [6, 6.07) is 0. The Morgan fingerprint density at radius 2 is 2.29 bits per heavy atom. The first-order valence-corrected chi connectivity index (χ1v) is 5.19. The van der Waals surface area contributed by atoms with Crippen molar-refractivity contribution >= 4 is 16.9 Å². The summed E-state index contributed by atoms with van der Waals surface area (Å²) in [5, 5.41) is 15.0. The average molecular weight is 229 g/mol. The maximum absolute atomic E-state index is 4.21. The number of aromatic nitrogens is 6. The van der Waals surface area contributed by atoms with E-state index >= 15 is 0 Å². The summed E-state index contributed by atoms with van der Waals surface area (Å²) in [4.78, 5) is 8.39. The maximum atomic E-state index is 4.21. The van der Waals surface area contributed by atoms with Crippen LogP contribution in [0.3, 0.4) is 0 Å². The van der Waals surface area contributed by atoms with Crippen molar-refractivity contribution in [3.8, 4) is 0 Å². The SMILES string of the molecule is Cn1ncc2c(NCc3cn[nH]c3)ncnc21. The number of anilines is 1. The smallest absolute Gasteiger partial charge is 0.163 e. The van der Waals surface area contributed by atoms with Crippen molar-refractivity contribution in [2.45, 2.75) is 6.54 Å². The van der Waals surface area contributed by atoms with Crippen molar-refractivity contribution in [1.82, 2.24) is 29.9 Å². The van der Waals surface area contributed by atoms with Crippen LogP contribution in [0.5, 0.6) is 0 Å². The van der Waals surface area contributed by atoms with Gasteiger partial charge in [-0.3, -0.25) is 9.78 Å². The molecule has 3 heterocycles. The van der Waals surface area contributed by atoms with E-state index in [1.807, 2.05) is 13.2 Å². The Bertz CT molecular complexity index is 625. The molecule has 17 heavy (non-hydrogen) atoms. The van der Waals surface area contributed by atoms with Crippen LogP contribution >= 0.6 is 0 Å². The summed E-state index contributed by atoms with van der Waals surface area (Å²) >= 11 is 0. The van der Waals surface area contributed by atoms with Gasteiger partial charge in [-0.05, 0) is 0 Å². The van der Waals surface area contributed by atoms with Crippen LogP contribution in [0.1, 0.15) is 5.56 Å². The normalized spacial score (nSPS) is 10.9. The topological polar surface area (TPSA) is 84.3 Å². The molecule has 0 saturated heterocycles. The van der Waals surface area contributed by atoms with E-state index in [-0.39, 0.29) is 0 Å². The van der Waals surface area contributed by atoms with E-state index in [1.54, 1.807) is 17.1 Å². The van der Waals surface area contributed by atoms with Crippen LogP contribution in [0.2, 0.25) is 0 Å². The van der Waals surface area contributed by atoms with Gasteiger partial charge in [-0.1, -0.05) is 0 Å². The van der Waals surface area contributed by atoms with Crippen LogP contribution in [0, 0.1) is 0 Å².